The van der Waals surface area contributed by atoms with Gasteiger partial charge in [0.2, 0.25) is 0 Å². The average Bonchev–Trinajstić information content (AvgIpc) is 2.86. The molecule has 5 heteroatoms. The van der Waals surface area contributed by atoms with Crippen LogP contribution < -0.4 is 5.32 Å². The van der Waals surface area contributed by atoms with E-state index in [4.69, 9.17) is 0 Å². The zero-order valence-corrected chi connectivity index (χ0v) is 13.5. The smallest absolute Gasteiger partial charge is 0.322 e. The van der Waals surface area contributed by atoms with Gasteiger partial charge in [0.05, 0.1) is 12.6 Å². The molecule has 1 aromatic rings. The summed E-state index contributed by atoms with van der Waals surface area (Å²) in [5.41, 5.74) is 2.04. The van der Waals surface area contributed by atoms with Crippen molar-refractivity contribution in [1.82, 2.24) is 4.90 Å². The molecular formula is C16H24N2O2S. The monoisotopic (exact) mass is 308 g/mol. The van der Waals surface area contributed by atoms with Crippen LogP contribution in [0.15, 0.2) is 24.3 Å². The largest absolute Gasteiger partial charge is 0.394 e. The van der Waals surface area contributed by atoms with Gasteiger partial charge in [-0.15, -0.1) is 0 Å². The Morgan fingerprint density at radius 1 is 1.52 bits per heavy atom. The number of nitrogens with one attached hydrogen (secondary N) is 1. The molecule has 0 spiro atoms. The second-order valence-corrected chi connectivity index (χ2v) is 6.75. The van der Waals surface area contributed by atoms with Crippen LogP contribution in [0.2, 0.25) is 0 Å². The van der Waals surface area contributed by atoms with E-state index in [0.717, 1.165) is 23.6 Å². The Labute approximate surface area is 130 Å². The normalized spacial score (nSPS) is 21.6. The summed E-state index contributed by atoms with van der Waals surface area (Å²) in [5.74, 6) is 2.40. The third-order valence-electron chi connectivity index (χ3n) is 3.98. The number of carbonyl (C=O) groups is 1. The third kappa shape index (κ3) is 4.14. The molecule has 0 radical (unpaired) electrons. The Balaban J connectivity index is 1.99. The van der Waals surface area contributed by atoms with Crippen molar-refractivity contribution in [3.63, 3.8) is 0 Å². The van der Waals surface area contributed by atoms with Gasteiger partial charge in [0.25, 0.3) is 0 Å². The van der Waals surface area contributed by atoms with Gasteiger partial charge < -0.3 is 15.3 Å². The fourth-order valence-corrected chi connectivity index (χ4v) is 3.31. The van der Waals surface area contributed by atoms with Crippen LogP contribution in [-0.4, -0.2) is 41.0 Å². The van der Waals surface area contributed by atoms with Crippen LogP contribution in [0.1, 0.15) is 25.8 Å². The number of benzene rings is 1. The van der Waals surface area contributed by atoms with Crippen molar-refractivity contribution < 1.29 is 9.90 Å². The minimum atomic E-state index is -0.112. The number of hydrogen-bond acceptors (Lipinski definition) is 3. The Morgan fingerprint density at radius 3 is 3.05 bits per heavy atom. The van der Waals surface area contributed by atoms with Crippen molar-refractivity contribution in [2.24, 2.45) is 5.92 Å². The van der Waals surface area contributed by atoms with Crippen molar-refractivity contribution in [3.05, 3.63) is 29.8 Å². The molecule has 1 aromatic carbocycles. The van der Waals surface area contributed by atoms with Gasteiger partial charge in [0.1, 0.15) is 0 Å². The van der Waals surface area contributed by atoms with Crippen LogP contribution in [0.25, 0.3) is 0 Å². The first-order chi connectivity index (χ1) is 10.2. The molecule has 1 aliphatic heterocycles. The number of anilines is 1. The first kappa shape index (κ1) is 16.2. The van der Waals surface area contributed by atoms with E-state index in [1.165, 1.54) is 5.56 Å². The summed E-state index contributed by atoms with van der Waals surface area (Å²) in [6.07, 6.45) is 0.950. The van der Waals surface area contributed by atoms with E-state index in [-0.39, 0.29) is 18.7 Å². The predicted octanol–water partition coefficient (Wildman–Crippen LogP) is 3.17. The maximum absolute atomic E-state index is 12.4. The summed E-state index contributed by atoms with van der Waals surface area (Å²) >= 11 is 1.86. The van der Waals surface area contributed by atoms with Gasteiger partial charge >= 0.3 is 6.03 Å². The molecule has 0 aliphatic carbocycles. The summed E-state index contributed by atoms with van der Waals surface area (Å²) in [6, 6.07) is 7.80. The highest BCUT2D eigenvalue weighted by Gasteiger charge is 2.33. The molecule has 2 unspecified atom stereocenters. The van der Waals surface area contributed by atoms with E-state index in [1.807, 2.05) is 30.0 Å². The van der Waals surface area contributed by atoms with Crippen LogP contribution in [0, 0.1) is 5.92 Å². The Hall–Kier alpha value is -1.20. The minimum Gasteiger partial charge on any atom is -0.394 e. The molecule has 1 fully saturated rings. The molecule has 0 aromatic heterocycles. The number of urea groups is 1. The van der Waals surface area contributed by atoms with Gasteiger partial charge in [0, 0.05) is 18.0 Å². The minimum absolute atomic E-state index is 0.0295. The molecule has 0 bridgehead atoms. The highest BCUT2D eigenvalue weighted by Crippen LogP contribution is 2.24. The van der Waals surface area contributed by atoms with Gasteiger partial charge in [-0.3, -0.25) is 0 Å². The van der Waals surface area contributed by atoms with E-state index in [2.05, 4.69) is 25.2 Å². The van der Waals surface area contributed by atoms with Crippen molar-refractivity contribution in [2.45, 2.75) is 32.1 Å². The second-order valence-electron chi connectivity index (χ2n) is 5.48. The van der Waals surface area contributed by atoms with Gasteiger partial charge in [-0.1, -0.05) is 26.0 Å². The van der Waals surface area contributed by atoms with Gasteiger partial charge in [-0.05, 0) is 35.8 Å². The zero-order valence-electron chi connectivity index (χ0n) is 12.7. The first-order valence-corrected chi connectivity index (χ1v) is 8.66. The maximum Gasteiger partial charge on any atom is 0.322 e. The van der Waals surface area contributed by atoms with E-state index >= 15 is 0 Å². The van der Waals surface area contributed by atoms with E-state index < -0.39 is 0 Å². The number of thioether (sulfide) groups is 1. The topological polar surface area (TPSA) is 52.6 Å². The number of carbonyl (C=O) groups excluding carboxylic acids is 1. The molecule has 2 rings (SSSR count). The molecule has 1 saturated heterocycles. The van der Waals surface area contributed by atoms with Crippen LogP contribution in [0.3, 0.4) is 0 Å². The van der Waals surface area contributed by atoms with Crippen molar-refractivity contribution in [3.8, 4) is 0 Å². The standard InChI is InChI=1S/C16H24N2O2S/c1-3-21-11-13-5-4-6-14(9-13)17-16(20)18-8-7-12(2)15(18)10-19/h4-6,9,12,15,19H,3,7-8,10-11H2,1-2H3,(H,17,20). The molecule has 21 heavy (non-hydrogen) atoms. The fraction of sp³-hybridized carbons (Fsp3) is 0.562. The van der Waals surface area contributed by atoms with Gasteiger partial charge in [0.15, 0.2) is 0 Å². The SMILES string of the molecule is CCSCc1cccc(NC(=O)N2CCC(C)C2CO)c1. The lowest BCUT2D eigenvalue weighted by molar-refractivity contribution is 0.152. The number of hydrogen-bond donors (Lipinski definition) is 2. The molecule has 0 saturated carbocycles. The Kier molecular flexibility index (Phi) is 5.94. The van der Waals surface area contributed by atoms with Crippen LogP contribution in [-0.2, 0) is 5.75 Å². The number of nitrogens with zero attached hydrogens (tertiary/aromatic N) is 1. The van der Waals surface area contributed by atoms with Crippen LogP contribution in [0.4, 0.5) is 10.5 Å². The molecule has 116 valence electrons. The lowest BCUT2D eigenvalue weighted by Gasteiger charge is -2.25. The highest BCUT2D eigenvalue weighted by molar-refractivity contribution is 7.98. The number of aliphatic hydroxyl groups excluding tert-OH is 1. The van der Waals surface area contributed by atoms with E-state index in [1.54, 1.807) is 4.90 Å². The summed E-state index contributed by atoms with van der Waals surface area (Å²) in [5, 5.41) is 12.4. The van der Waals surface area contributed by atoms with Crippen molar-refractivity contribution in [2.75, 3.05) is 24.2 Å². The Morgan fingerprint density at radius 2 is 2.33 bits per heavy atom. The maximum atomic E-state index is 12.4. The molecule has 2 atom stereocenters. The zero-order chi connectivity index (χ0) is 15.2. The van der Waals surface area contributed by atoms with Crippen molar-refractivity contribution >= 4 is 23.5 Å². The number of rotatable bonds is 5. The second kappa shape index (κ2) is 7.71. The summed E-state index contributed by atoms with van der Waals surface area (Å²) in [4.78, 5) is 14.1. The van der Waals surface area contributed by atoms with E-state index in [0.29, 0.717) is 12.5 Å². The lowest BCUT2D eigenvalue weighted by Crippen LogP contribution is -2.42. The summed E-state index contributed by atoms with van der Waals surface area (Å²) < 4.78 is 0. The van der Waals surface area contributed by atoms with Gasteiger partial charge in [-0.25, -0.2) is 4.79 Å². The molecule has 4 nitrogen and oxygen atoms in total. The predicted molar refractivity (Wildman–Crippen MR) is 88.7 cm³/mol. The average molecular weight is 308 g/mol. The van der Waals surface area contributed by atoms with Crippen LogP contribution in [0.5, 0.6) is 0 Å². The van der Waals surface area contributed by atoms with E-state index in [9.17, 15) is 9.90 Å². The summed E-state index contributed by atoms with van der Waals surface area (Å²) in [7, 11) is 0. The quantitative estimate of drug-likeness (QED) is 0.878. The molecule has 1 aliphatic rings. The number of amides is 2. The molecular weight excluding hydrogens is 284 g/mol. The third-order valence-corrected chi connectivity index (χ3v) is 4.93. The highest BCUT2D eigenvalue weighted by atomic mass is 32.2. The number of aliphatic hydroxyl groups is 1. The molecule has 2 amide bonds. The first-order valence-electron chi connectivity index (χ1n) is 7.50. The van der Waals surface area contributed by atoms with Gasteiger partial charge in [-0.2, -0.15) is 11.8 Å². The number of likely N-dealkylation sites (tertiary alicyclic amines) is 1. The molecule has 2 N–H and O–H groups in total. The fourth-order valence-electron chi connectivity index (χ4n) is 2.69. The lowest BCUT2D eigenvalue weighted by atomic mass is 10.0. The van der Waals surface area contributed by atoms with Crippen molar-refractivity contribution in [1.29, 1.82) is 0 Å². The molecule has 1 heterocycles. The summed E-state index contributed by atoms with van der Waals surface area (Å²) in [6.45, 7) is 4.96. The van der Waals surface area contributed by atoms with Crippen LogP contribution >= 0.6 is 11.8 Å². The Bertz CT molecular complexity index is 481.